The second-order valence-electron chi connectivity index (χ2n) is 4.44. The molecule has 0 atom stereocenters. The van der Waals surface area contributed by atoms with Crippen molar-refractivity contribution in [1.29, 1.82) is 0 Å². The van der Waals surface area contributed by atoms with Gasteiger partial charge in [0.15, 0.2) is 4.96 Å². The molecule has 1 aliphatic rings. The van der Waals surface area contributed by atoms with Crippen LogP contribution in [-0.2, 0) is 6.54 Å². The van der Waals surface area contributed by atoms with Gasteiger partial charge in [0, 0.05) is 43.4 Å². The second kappa shape index (κ2) is 4.16. The van der Waals surface area contributed by atoms with Crippen LogP contribution in [0.25, 0.3) is 4.96 Å². The van der Waals surface area contributed by atoms with Gasteiger partial charge in [-0.05, 0) is 12.8 Å². The van der Waals surface area contributed by atoms with Crippen molar-refractivity contribution >= 4 is 16.3 Å². The zero-order chi connectivity index (χ0) is 11.0. The highest BCUT2D eigenvalue weighted by atomic mass is 32.1. The van der Waals surface area contributed by atoms with E-state index in [-0.39, 0.29) is 0 Å². The lowest BCUT2D eigenvalue weighted by molar-refractivity contribution is 0.204. The molecular formula is C11H16N4S. The van der Waals surface area contributed by atoms with Crippen LogP contribution < -0.4 is 5.73 Å². The van der Waals surface area contributed by atoms with Crippen molar-refractivity contribution in [2.75, 3.05) is 13.1 Å². The van der Waals surface area contributed by atoms with Crippen molar-refractivity contribution in [1.82, 2.24) is 14.3 Å². The molecule has 5 heteroatoms. The van der Waals surface area contributed by atoms with Crippen molar-refractivity contribution in [3.05, 3.63) is 23.5 Å². The summed E-state index contributed by atoms with van der Waals surface area (Å²) in [6, 6.07) is 0.404. The molecule has 1 fully saturated rings. The van der Waals surface area contributed by atoms with Gasteiger partial charge in [-0.25, -0.2) is 4.98 Å². The van der Waals surface area contributed by atoms with Gasteiger partial charge < -0.3 is 5.73 Å². The maximum absolute atomic E-state index is 5.89. The minimum Gasteiger partial charge on any atom is -0.328 e. The third-order valence-electron chi connectivity index (χ3n) is 3.16. The largest absolute Gasteiger partial charge is 0.328 e. The molecule has 0 aromatic carbocycles. The van der Waals surface area contributed by atoms with E-state index in [0.717, 1.165) is 37.4 Å². The van der Waals surface area contributed by atoms with Gasteiger partial charge in [-0.1, -0.05) is 0 Å². The Hall–Kier alpha value is -0.910. The van der Waals surface area contributed by atoms with Crippen LogP contribution >= 0.6 is 11.3 Å². The monoisotopic (exact) mass is 236 g/mol. The van der Waals surface area contributed by atoms with E-state index in [9.17, 15) is 0 Å². The van der Waals surface area contributed by atoms with E-state index in [1.54, 1.807) is 11.3 Å². The lowest BCUT2D eigenvalue weighted by Gasteiger charge is -2.29. The minimum absolute atomic E-state index is 0.404. The molecule has 1 aliphatic heterocycles. The number of hydrogen-bond donors (Lipinski definition) is 1. The molecule has 2 aromatic heterocycles. The van der Waals surface area contributed by atoms with Gasteiger partial charge in [0.05, 0.1) is 5.69 Å². The Labute approximate surface area is 98.7 Å². The molecule has 0 aliphatic carbocycles. The maximum Gasteiger partial charge on any atom is 0.193 e. The van der Waals surface area contributed by atoms with Crippen molar-refractivity contribution in [2.45, 2.75) is 25.4 Å². The topological polar surface area (TPSA) is 46.6 Å². The third-order valence-corrected chi connectivity index (χ3v) is 3.93. The SMILES string of the molecule is NC1CCN(Cc2cn3ccsc3n2)CC1. The molecule has 4 nitrogen and oxygen atoms in total. The number of imidazole rings is 1. The van der Waals surface area contributed by atoms with Gasteiger partial charge in [0.1, 0.15) is 0 Å². The number of nitrogens with zero attached hydrogens (tertiary/aromatic N) is 3. The van der Waals surface area contributed by atoms with E-state index in [2.05, 4.69) is 32.1 Å². The van der Waals surface area contributed by atoms with E-state index in [1.165, 1.54) is 5.69 Å². The summed E-state index contributed by atoms with van der Waals surface area (Å²) in [5.41, 5.74) is 7.06. The van der Waals surface area contributed by atoms with E-state index in [0.29, 0.717) is 6.04 Å². The predicted molar refractivity (Wildman–Crippen MR) is 65.6 cm³/mol. The van der Waals surface area contributed by atoms with Gasteiger partial charge in [0.2, 0.25) is 0 Å². The Morgan fingerprint density at radius 3 is 3.00 bits per heavy atom. The fraction of sp³-hybridized carbons (Fsp3) is 0.545. The molecule has 2 N–H and O–H groups in total. The maximum atomic E-state index is 5.89. The van der Waals surface area contributed by atoms with Crippen LogP contribution in [0.4, 0.5) is 0 Å². The van der Waals surface area contributed by atoms with Gasteiger partial charge in [0.25, 0.3) is 0 Å². The van der Waals surface area contributed by atoms with E-state index >= 15 is 0 Å². The van der Waals surface area contributed by atoms with Gasteiger partial charge in [-0.3, -0.25) is 9.30 Å². The highest BCUT2D eigenvalue weighted by Crippen LogP contribution is 2.15. The summed E-state index contributed by atoms with van der Waals surface area (Å²) in [5, 5.41) is 2.06. The average Bonchev–Trinajstić information content (AvgIpc) is 2.81. The molecule has 3 rings (SSSR count). The van der Waals surface area contributed by atoms with Crippen LogP contribution in [0, 0.1) is 0 Å². The van der Waals surface area contributed by atoms with E-state index < -0.39 is 0 Å². The summed E-state index contributed by atoms with van der Waals surface area (Å²) >= 11 is 1.68. The number of rotatable bonds is 2. The summed E-state index contributed by atoms with van der Waals surface area (Å²) < 4.78 is 2.09. The van der Waals surface area contributed by atoms with Gasteiger partial charge in [-0.2, -0.15) is 0 Å². The average molecular weight is 236 g/mol. The van der Waals surface area contributed by atoms with Crippen LogP contribution in [0.2, 0.25) is 0 Å². The van der Waals surface area contributed by atoms with Crippen molar-refractivity contribution < 1.29 is 0 Å². The Kier molecular flexibility index (Phi) is 2.67. The molecule has 2 aromatic rings. The smallest absolute Gasteiger partial charge is 0.193 e. The van der Waals surface area contributed by atoms with Crippen LogP contribution in [0.15, 0.2) is 17.8 Å². The zero-order valence-electron chi connectivity index (χ0n) is 9.17. The molecule has 0 amide bonds. The highest BCUT2D eigenvalue weighted by molar-refractivity contribution is 7.15. The molecule has 86 valence electrons. The summed E-state index contributed by atoms with van der Waals surface area (Å²) in [6.45, 7) is 3.17. The number of piperidine rings is 1. The van der Waals surface area contributed by atoms with Gasteiger partial charge >= 0.3 is 0 Å². The lowest BCUT2D eigenvalue weighted by atomic mass is 10.1. The molecule has 1 saturated heterocycles. The summed E-state index contributed by atoms with van der Waals surface area (Å²) in [5.74, 6) is 0. The number of nitrogens with two attached hydrogens (primary N) is 1. The predicted octanol–water partition coefficient (Wildman–Crippen LogP) is 1.32. The van der Waals surface area contributed by atoms with Gasteiger partial charge in [-0.15, -0.1) is 11.3 Å². The Balaban J connectivity index is 1.68. The van der Waals surface area contributed by atoms with Crippen LogP contribution in [0.3, 0.4) is 0 Å². The van der Waals surface area contributed by atoms with E-state index in [4.69, 9.17) is 5.73 Å². The molecule has 3 heterocycles. The molecule has 16 heavy (non-hydrogen) atoms. The molecule has 0 saturated carbocycles. The quantitative estimate of drug-likeness (QED) is 0.855. The summed E-state index contributed by atoms with van der Waals surface area (Å²) in [6.07, 6.45) is 6.41. The molecule has 0 spiro atoms. The first-order chi connectivity index (χ1) is 7.81. The number of hydrogen-bond acceptors (Lipinski definition) is 4. The zero-order valence-corrected chi connectivity index (χ0v) is 9.99. The Morgan fingerprint density at radius 2 is 2.25 bits per heavy atom. The first-order valence-electron chi connectivity index (χ1n) is 5.70. The standard InChI is InChI=1S/C11H16N4S/c12-9-1-3-14(4-2-9)7-10-8-15-5-6-16-11(15)13-10/h5-6,8-9H,1-4,7,12H2. The fourth-order valence-corrected chi connectivity index (χ4v) is 2.91. The third kappa shape index (κ3) is 1.98. The number of likely N-dealkylation sites (tertiary alicyclic amines) is 1. The van der Waals surface area contributed by atoms with E-state index in [1.807, 2.05) is 0 Å². The molecule has 0 radical (unpaired) electrons. The number of fused-ring (bicyclic) bond motifs is 1. The van der Waals surface area contributed by atoms with Crippen molar-refractivity contribution in [2.24, 2.45) is 5.73 Å². The van der Waals surface area contributed by atoms with Crippen LogP contribution in [0.1, 0.15) is 18.5 Å². The van der Waals surface area contributed by atoms with Crippen LogP contribution in [0.5, 0.6) is 0 Å². The summed E-state index contributed by atoms with van der Waals surface area (Å²) in [7, 11) is 0. The molecule has 0 bridgehead atoms. The fourth-order valence-electron chi connectivity index (χ4n) is 2.19. The highest BCUT2D eigenvalue weighted by Gasteiger charge is 2.16. The van der Waals surface area contributed by atoms with Crippen molar-refractivity contribution in [3.63, 3.8) is 0 Å². The van der Waals surface area contributed by atoms with Crippen LogP contribution in [-0.4, -0.2) is 33.4 Å². The Morgan fingerprint density at radius 1 is 1.44 bits per heavy atom. The first-order valence-corrected chi connectivity index (χ1v) is 6.58. The number of thiazole rings is 1. The lowest BCUT2D eigenvalue weighted by Crippen LogP contribution is -2.39. The number of aromatic nitrogens is 2. The molecule has 0 unspecified atom stereocenters. The summed E-state index contributed by atoms with van der Waals surface area (Å²) in [4.78, 5) is 8.12. The Bertz CT molecular complexity index is 438. The second-order valence-corrected chi connectivity index (χ2v) is 5.31. The first kappa shape index (κ1) is 10.3. The normalized spacial score (nSPS) is 19.6. The molecular weight excluding hydrogens is 220 g/mol. The van der Waals surface area contributed by atoms with Crippen molar-refractivity contribution in [3.8, 4) is 0 Å². The minimum atomic E-state index is 0.404.